The summed E-state index contributed by atoms with van der Waals surface area (Å²) in [5.74, 6) is -1.08. The Balaban J connectivity index is 1.48. The van der Waals surface area contributed by atoms with Crippen LogP contribution in [-0.4, -0.2) is 53.1 Å². The van der Waals surface area contributed by atoms with Crippen LogP contribution in [0.2, 0.25) is 0 Å². The van der Waals surface area contributed by atoms with Crippen molar-refractivity contribution in [2.75, 3.05) is 11.5 Å². The molecule has 0 saturated carbocycles. The van der Waals surface area contributed by atoms with Crippen molar-refractivity contribution in [2.45, 2.75) is 18.3 Å². The van der Waals surface area contributed by atoms with Crippen LogP contribution in [0.25, 0.3) is 10.9 Å². The van der Waals surface area contributed by atoms with Crippen molar-refractivity contribution in [1.82, 2.24) is 15.3 Å². The van der Waals surface area contributed by atoms with Crippen LogP contribution in [0.4, 0.5) is 13.2 Å². The number of aliphatic hydroxyl groups excluding tert-OH is 1. The minimum Gasteiger partial charge on any atom is -0.439 e. The molecule has 0 bridgehead atoms. The van der Waals surface area contributed by atoms with Gasteiger partial charge in [-0.2, -0.15) is 13.2 Å². The van der Waals surface area contributed by atoms with Gasteiger partial charge in [-0.05, 0) is 30.3 Å². The summed E-state index contributed by atoms with van der Waals surface area (Å²) in [5.41, 5.74) is -0.418. The molecule has 1 fully saturated rings. The molecule has 3 aromatic rings. The van der Waals surface area contributed by atoms with E-state index in [1.807, 2.05) is 0 Å². The second kappa shape index (κ2) is 8.02. The molecule has 1 amide bonds. The van der Waals surface area contributed by atoms with E-state index in [1.165, 1.54) is 12.1 Å². The molecular weight excluding hydrogens is 451 g/mol. The first kappa shape index (κ1) is 22.0. The Labute approximate surface area is 180 Å². The van der Waals surface area contributed by atoms with Gasteiger partial charge < -0.3 is 15.2 Å². The lowest BCUT2D eigenvalue weighted by atomic mass is 10.1. The van der Waals surface area contributed by atoms with Gasteiger partial charge in [0, 0.05) is 17.6 Å². The molecule has 8 nitrogen and oxygen atoms in total. The van der Waals surface area contributed by atoms with E-state index in [0.29, 0.717) is 22.8 Å². The molecule has 2 atom stereocenters. The highest BCUT2D eigenvalue weighted by Gasteiger charge is 2.37. The molecule has 168 valence electrons. The highest BCUT2D eigenvalue weighted by atomic mass is 32.2. The second-order valence-electron chi connectivity index (χ2n) is 7.26. The first-order chi connectivity index (χ1) is 15.0. The fourth-order valence-electron chi connectivity index (χ4n) is 3.23. The molecular formula is C20H16F3N3O5S. The molecule has 1 aromatic carbocycles. The van der Waals surface area contributed by atoms with Gasteiger partial charge in [0.2, 0.25) is 5.88 Å². The lowest BCUT2D eigenvalue weighted by molar-refractivity contribution is -0.137. The largest absolute Gasteiger partial charge is 0.439 e. The van der Waals surface area contributed by atoms with Crippen molar-refractivity contribution >= 4 is 26.6 Å². The molecule has 32 heavy (non-hydrogen) atoms. The number of aromatic nitrogens is 2. The number of amides is 1. The average Bonchev–Trinajstić information content (AvgIpc) is 2.98. The maximum absolute atomic E-state index is 12.6. The summed E-state index contributed by atoms with van der Waals surface area (Å²) in [4.78, 5) is 20.3. The van der Waals surface area contributed by atoms with Crippen molar-refractivity contribution in [3.8, 4) is 11.6 Å². The summed E-state index contributed by atoms with van der Waals surface area (Å²) in [6, 6.07) is 8.73. The van der Waals surface area contributed by atoms with Crippen LogP contribution < -0.4 is 10.1 Å². The standard InChI is InChI=1S/C20H16F3N3O5S/c21-20(22,23)12-2-6-18(24-8-12)31-13-3-5-14-11(7-13)1-4-15(25-14)19(28)26-16-9-32(29,30)10-17(16)27/h1-8,16-17,27H,9-10H2,(H,26,28). The zero-order valence-electron chi connectivity index (χ0n) is 16.2. The average molecular weight is 467 g/mol. The maximum Gasteiger partial charge on any atom is 0.417 e. The topological polar surface area (TPSA) is 118 Å². The summed E-state index contributed by atoms with van der Waals surface area (Å²) in [6.45, 7) is 0. The van der Waals surface area contributed by atoms with Crippen molar-refractivity contribution in [2.24, 2.45) is 0 Å². The first-order valence-corrected chi connectivity index (χ1v) is 11.1. The van der Waals surface area contributed by atoms with Gasteiger partial charge in [0.15, 0.2) is 9.84 Å². The van der Waals surface area contributed by atoms with Crippen molar-refractivity contribution < 1.29 is 36.2 Å². The molecule has 3 heterocycles. The number of aliphatic hydroxyl groups is 1. The Morgan fingerprint density at radius 3 is 2.53 bits per heavy atom. The fraction of sp³-hybridized carbons (Fsp3) is 0.250. The number of hydrogen-bond acceptors (Lipinski definition) is 7. The number of nitrogens with zero attached hydrogens (tertiary/aromatic N) is 2. The van der Waals surface area contributed by atoms with Crippen LogP contribution in [0.1, 0.15) is 16.1 Å². The monoisotopic (exact) mass is 467 g/mol. The van der Waals surface area contributed by atoms with E-state index in [9.17, 15) is 31.5 Å². The summed E-state index contributed by atoms with van der Waals surface area (Å²) in [7, 11) is -3.41. The second-order valence-corrected chi connectivity index (χ2v) is 9.41. The third-order valence-corrected chi connectivity index (χ3v) is 6.53. The van der Waals surface area contributed by atoms with E-state index in [4.69, 9.17) is 4.74 Å². The predicted octanol–water partition coefficient (Wildman–Crippen LogP) is 2.33. The van der Waals surface area contributed by atoms with E-state index in [2.05, 4.69) is 15.3 Å². The van der Waals surface area contributed by atoms with E-state index in [1.54, 1.807) is 18.2 Å². The highest BCUT2D eigenvalue weighted by Crippen LogP contribution is 2.30. The lowest BCUT2D eigenvalue weighted by Crippen LogP contribution is -2.42. The first-order valence-electron chi connectivity index (χ1n) is 9.31. The van der Waals surface area contributed by atoms with Gasteiger partial charge in [-0.1, -0.05) is 6.07 Å². The number of ether oxygens (including phenoxy) is 1. The van der Waals surface area contributed by atoms with Crippen molar-refractivity contribution in [3.05, 3.63) is 59.9 Å². The molecule has 12 heteroatoms. The zero-order valence-corrected chi connectivity index (χ0v) is 17.0. The third-order valence-electron chi connectivity index (χ3n) is 4.82. The third kappa shape index (κ3) is 4.81. The summed E-state index contributed by atoms with van der Waals surface area (Å²) < 4.78 is 66.5. The van der Waals surface area contributed by atoms with E-state index in [0.717, 1.165) is 12.1 Å². The predicted molar refractivity (Wildman–Crippen MR) is 107 cm³/mol. The minimum atomic E-state index is -4.49. The summed E-state index contributed by atoms with van der Waals surface area (Å²) in [6.07, 6.45) is -4.99. The van der Waals surface area contributed by atoms with Crippen LogP contribution in [0, 0.1) is 0 Å². The Kier molecular flexibility index (Phi) is 5.51. The number of halogens is 3. The summed E-state index contributed by atoms with van der Waals surface area (Å²) in [5, 5.41) is 12.9. The smallest absolute Gasteiger partial charge is 0.417 e. The molecule has 1 aliphatic heterocycles. The number of hydrogen-bond donors (Lipinski definition) is 2. The van der Waals surface area contributed by atoms with E-state index < -0.39 is 45.4 Å². The van der Waals surface area contributed by atoms with Gasteiger partial charge in [-0.15, -0.1) is 0 Å². The van der Waals surface area contributed by atoms with Crippen LogP contribution in [0.15, 0.2) is 48.7 Å². The number of rotatable bonds is 4. The number of pyridine rings is 2. The fourth-order valence-corrected chi connectivity index (χ4v) is 4.97. The number of sulfone groups is 1. The lowest BCUT2D eigenvalue weighted by Gasteiger charge is -2.14. The Morgan fingerprint density at radius 2 is 1.91 bits per heavy atom. The molecule has 2 aromatic heterocycles. The number of nitrogens with one attached hydrogen (secondary N) is 1. The molecule has 1 saturated heterocycles. The van der Waals surface area contributed by atoms with Crippen molar-refractivity contribution in [3.63, 3.8) is 0 Å². The number of carbonyl (C=O) groups excluding carboxylic acids is 1. The molecule has 0 spiro atoms. The molecule has 2 N–H and O–H groups in total. The van der Waals surface area contributed by atoms with Gasteiger partial charge in [-0.3, -0.25) is 4.79 Å². The zero-order chi connectivity index (χ0) is 23.1. The SMILES string of the molecule is O=C(NC1CS(=O)(=O)CC1O)c1ccc2cc(Oc3ccc(C(F)(F)F)cn3)ccc2n1. The van der Waals surface area contributed by atoms with Gasteiger partial charge in [0.1, 0.15) is 11.4 Å². The van der Waals surface area contributed by atoms with Crippen LogP contribution in [0.3, 0.4) is 0 Å². The van der Waals surface area contributed by atoms with Crippen LogP contribution >= 0.6 is 0 Å². The summed E-state index contributed by atoms with van der Waals surface area (Å²) >= 11 is 0. The molecule has 1 aliphatic rings. The Morgan fingerprint density at radius 1 is 1.12 bits per heavy atom. The molecule has 2 unspecified atom stereocenters. The molecule has 4 rings (SSSR count). The van der Waals surface area contributed by atoms with Crippen LogP contribution in [0.5, 0.6) is 11.6 Å². The number of benzene rings is 1. The normalized spacial score (nSPS) is 20.2. The van der Waals surface area contributed by atoms with Crippen molar-refractivity contribution in [1.29, 1.82) is 0 Å². The molecule has 0 radical (unpaired) electrons. The Hall–Kier alpha value is -3.25. The number of alkyl halides is 3. The highest BCUT2D eigenvalue weighted by molar-refractivity contribution is 7.91. The van der Waals surface area contributed by atoms with E-state index >= 15 is 0 Å². The van der Waals surface area contributed by atoms with Crippen LogP contribution in [-0.2, 0) is 16.0 Å². The van der Waals surface area contributed by atoms with Gasteiger partial charge in [-0.25, -0.2) is 18.4 Å². The van der Waals surface area contributed by atoms with E-state index in [-0.39, 0.29) is 17.3 Å². The number of carbonyl (C=O) groups is 1. The number of fused-ring (bicyclic) bond motifs is 1. The van der Waals surface area contributed by atoms with Gasteiger partial charge in [0.25, 0.3) is 5.91 Å². The molecule has 0 aliphatic carbocycles. The van der Waals surface area contributed by atoms with Gasteiger partial charge >= 0.3 is 6.18 Å². The van der Waals surface area contributed by atoms with Gasteiger partial charge in [0.05, 0.1) is 34.7 Å². The minimum absolute atomic E-state index is 0.0219. The Bertz CT molecular complexity index is 1280. The quantitative estimate of drug-likeness (QED) is 0.605. The maximum atomic E-state index is 12.6.